The van der Waals surface area contributed by atoms with Gasteiger partial charge in [-0.15, -0.1) is 0 Å². The lowest BCUT2D eigenvalue weighted by Gasteiger charge is -2.17. The number of benzene rings is 2. The second-order valence-electron chi connectivity index (χ2n) is 7.23. The van der Waals surface area contributed by atoms with E-state index in [1.54, 1.807) is 24.3 Å². The molecular formula is C22H25N3O2. The van der Waals surface area contributed by atoms with Gasteiger partial charge in [0.1, 0.15) is 0 Å². The third kappa shape index (κ3) is 5.03. The third-order valence-corrected chi connectivity index (χ3v) is 4.50. The van der Waals surface area contributed by atoms with E-state index in [1.165, 1.54) is 5.56 Å². The number of hydrogen-bond acceptors (Lipinski definition) is 3. The fourth-order valence-electron chi connectivity index (χ4n) is 3.19. The van der Waals surface area contributed by atoms with Crippen molar-refractivity contribution in [3.8, 4) is 0 Å². The van der Waals surface area contributed by atoms with Crippen molar-refractivity contribution in [1.82, 2.24) is 5.43 Å². The van der Waals surface area contributed by atoms with Crippen molar-refractivity contribution in [2.75, 3.05) is 5.32 Å². The van der Waals surface area contributed by atoms with E-state index in [-0.39, 0.29) is 11.8 Å². The van der Waals surface area contributed by atoms with Crippen molar-refractivity contribution in [2.45, 2.75) is 39.5 Å². The molecule has 140 valence electrons. The smallest absolute Gasteiger partial charge is 0.271 e. The summed E-state index contributed by atoms with van der Waals surface area (Å²) in [7, 11) is 0. The maximum Gasteiger partial charge on any atom is 0.271 e. The molecule has 2 N–H and O–H groups in total. The highest BCUT2D eigenvalue weighted by Gasteiger charge is 2.15. The summed E-state index contributed by atoms with van der Waals surface area (Å²) in [6.45, 7) is 4.00. The standard InChI is InChI=1S/C22H25N3O2/c1-15(2)14-21(26)23-18-12-10-17(11-13-18)22(27)25-24-20-9-5-7-16-6-3-4-8-19(16)20/h3-4,6,8,10-13,15H,5,7,9,14H2,1-2H3,(H,23,26)(H,25,27)/b24-20+. The lowest BCUT2D eigenvalue weighted by Crippen LogP contribution is -2.22. The Morgan fingerprint density at radius 1 is 1.04 bits per heavy atom. The predicted octanol–water partition coefficient (Wildman–Crippen LogP) is 4.14. The van der Waals surface area contributed by atoms with Gasteiger partial charge in [-0.25, -0.2) is 5.43 Å². The molecule has 0 unspecified atom stereocenters. The maximum absolute atomic E-state index is 12.4. The molecule has 5 heteroatoms. The SMILES string of the molecule is CC(C)CC(=O)Nc1ccc(C(=O)N/N=C2\CCCc3ccccc32)cc1. The predicted molar refractivity (Wildman–Crippen MR) is 108 cm³/mol. The Balaban J connectivity index is 1.63. The first-order valence-corrected chi connectivity index (χ1v) is 9.38. The van der Waals surface area contributed by atoms with E-state index in [4.69, 9.17) is 0 Å². The Labute approximate surface area is 159 Å². The molecule has 2 aromatic carbocycles. The van der Waals surface area contributed by atoms with Gasteiger partial charge in [0, 0.05) is 23.2 Å². The normalized spacial score (nSPS) is 14.7. The van der Waals surface area contributed by atoms with Crippen LogP contribution >= 0.6 is 0 Å². The zero-order valence-electron chi connectivity index (χ0n) is 15.8. The van der Waals surface area contributed by atoms with Gasteiger partial charge in [0.15, 0.2) is 0 Å². The van der Waals surface area contributed by atoms with Gasteiger partial charge >= 0.3 is 0 Å². The van der Waals surface area contributed by atoms with Crippen LogP contribution in [0, 0.1) is 5.92 Å². The molecule has 0 saturated carbocycles. The van der Waals surface area contributed by atoms with E-state index in [1.807, 2.05) is 32.0 Å². The Morgan fingerprint density at radius 3 is 2.52 bits per heavy atom. The van der Waals surface area contributed by atoms with Crippen LogP contribution in [0.15, 0.2) is 53.6 Å². The highest BCUT2D eigenvalue weighted by molar-refractivity contribution is 6.04. The van der Waals surface area contributed by atoms with Crippen molar-refractivity contribution in [2.24, 2.45) is 11.0 Å². The fraction of sp³-hybridized carbons (Fsp3) is 0.318. The molecule has 1 aliphatic rings. The minimum absolute atomic E-state index is 0.0236. The van der Waals surface area contributed by atoms with Gasteiger partial charge in [-0.2, -0.15) is 5.10 Å². The number of hydrazone groups is 1. The van der Waals surface area contributed by atoms with Crippen LogP contribution in [0.3, 0.4) is 0 Å². The molecule has 5 nitrogen and oxygen atoms in total. The van der Waals surface area contributed by atoms with Crippen molar-refractivity contribution >= 4 is 23.2 Å². The number of carbonyl (C=O) groups is 2. The van der Waals surface area contributed by atoms with Gasteiger partial charge in [0.25, 0.3) is 5.91 Å². The lowest BCUT2D eigenvalue weighted by atomic mass is 9.90. The Morgan fingerprint density at radius 2 is 1.78 bits per heavy atom. The summed E-state index contributed by atoms with van der Waals surface area (Å²) in [6.07, 6.45) is 3.42. The van der Waals surface area contributed by atoms with Gasteiger partial charge in [0.05, 0.1) is 5.71 Å². The molecule has 0 aromatic heterocycles. The van der Waals surface area contributed by atoms with Crippen LogP contribution in [0.5, 0.6) is 0 Å². The average molecular weight is 363 g/mol. The highest BCUT2D eigenvalue weighted by Crippen LogP contribution is 2.21. The Bertz CT molecular complexity index is 854. The van der Waals surface area contributed by atoms with E-state index in [0.29, 0.717) is 23.6 Å². The van der Waals surface area contributed by atoms with Crippen molar-refractivity contribution in [1.29, 1.82) is 0 Å². The first kappa shape index (κ1) is 18.8. The summed E-state index contributed by atoms with van der Waals surface area (Å²) in [5.41, 5.74) is 7.16. The number of anilines is 1. The zero-order chi connectivity index (χ0) is 19.2. The molecule has 0 heterocycles. The van der Waals surface area contributed by atoms with Gasteiger partial charge < -0.3 is 5.32 Å². The number of fused-ring (bicyclic) bond motifs is 1. The van der Waals surface area contributed by atoms with Crippen LogP contribution in [0.1, 0.15) is 54.6 Å². The number of rotatable bonds is 5. The first-order valence-electron chi connectivity index (χ1n) is 9.38. The number of carbonyl (C=O) groups excluding carboxylic acids is 2. The lowest BCUT2D eigenvalue weighted by molar-refractivity contribution is -0.116. The van der Waals surface area contributed by atoms with Crippen molar-refractivity contribution < 1.29 is 9.59 Å². The van der Waals surface area contributed by atoms with E-state index >= 15 is 0 Å². The van der Waals surface area contributed by atoms with Crippen LogP contribution in [0.25, 0.3) is 0 Å². The van der Waals surface area contributed by atoms with Crippen molar-refractivity contribution in [3.63, 3.8) is 0 Å². The molecule has 0 fully saturated rings. The molecular weight excluding hydrogens is 338 g/mol. The molecule has 0 bridgehead atoms. The van der Waals surface area contributed by atoms with Gasteiger partial charge in [0.2, 0.25) is 5.91 Å². The summed E-state index contributed by atoms with van der Waals surface area (Å²) in [5, 5.41) is 7.19. The molecule has 0 spiro atoms. The molecule has 1 aliphatic carbocycles. The average Bonchev–Trinajstić information content (AvgIpc) is 2.66. The molecule has 27 heavy (non-hydrogen) atoms. The number of hydrogen-bond donors (Lipinski definition) is 2. The highest BCUT2D eigenvalue weighted by atomic mass is 16.2. The minimum atomic E-state index is -0.259. The van der Waals surface area contributed by atoms with Crippen LogP contribution in [-0.2, 0) is 11.2 Å². The van der Waals surface area contributed by atoms with E-state index in [2.05, 4.69) is 21.9 Å². The third-order valence-electron chi connectivity index (χ3n) is 4.50. The monoisotopic (exact) mass is 363 g/mol. The molecule has 0 saturated heterocycles. The van der Waals surface area contributed by atoms with Gasteiger partial charge in [-0.1, -0.05) is 38.1 Å². The zero-order valence-corrected chi connectivity index (χ0v) is 15.8. The summed E-state index contributed by atoms with van der Waals surface area (Å²) in [4.78, 5) is 24.2. The molecule has 0 radical (unpaired) electrons. The Kier molecular flexibility index (Phi) is 6.01. The number of aryl methyl sites for hydroxylation is 1. The first-order chi connectivity index (χ1) is 13.0. The number of nitrogens with zero attached hydrogens (tertiary/aromatic N) is 1. The summed E-state index contributed by atoms with van der Waals surface area (Å²) < 4.78 is 0. The van der Waals surface area contributed by atoms with Gasteiger partial charge in [-0.3, -0.25) is 9.59 Å². The summed E-state index contributed by atoms with van der Waals surface area (Å²) >= 11 is 0. The minimum Gasteiger partial charge on any atom is -0.326 e. The van der Waals surface area contributed by atoms with Crippen LogP contribution in [-0.4, -0.2) is 17.5 Å². The Hall–Kier alpha value is -2.95. The summed E-state index contributed by atoms with van der Waals surface area (Å²) in [5.74, 6) is 0.0225. The molecule has 2 amide bonds. The van der Waals surface area contributed by atoms with E-state index in [0.717, 1.165) is 30.5 Å². The van der Waals surface area contributed by atoms with Crippen LogP contribution < -0.4 is 10.7 Å². The number of nitrogens with one attached hydrogen (secondary N) is 2. The largest absolute Gasteiger partial charge is 0.326 e. The number of amides is 2. The van der Waals surface area contributed by atoms with E-state index in [9.17, 15) is 9.59 Å². The van der Waals surface area contributed by atoms with Crippen molar-refractivity contribution in [3.05, 3.63) is 65.2 Å². The second kappa shape index (κ2) is 8.62. The molecule has 0 aliphatic heterocycles. The quantitative estimate of drug-likeness (QED) is 0.784. The molecule has 2 aromatic rings. The topological polar surface area (TPSA) is 70.6 Å². The fourth-order valence-corrected chi connectivity index (χ4v) is 3.19. The van der Waals surface area contributed by atoms with E-state index < -0.39 is 0 Å². The second-order valence-corrected chi connectivity index (χ2v) is 7.23. The van der Waals surface area contributed by atoms with Crippen LogP contribution in [0.2, 0.25) is 0 Å². The summed E-state index contributed by atoms with van der Waals surface area (Å²) in [6, 6.07) is 15.0. The maximum atomic E-state index is 12.4. The van der Waals surface area contributed by atoms with Gasteiger partial charge in [-0.05, 0) is 55.0 Å². The van der Waals surface area contributed by atoms with Crippen LogP contribution in [0.4, 0.5) is 5.69 Å². The molecule has 0 atom stereocenters. The molecule has 3 rings (SSSR count).